The average Bonchev–Trinajstić information content (AvgIpc) is 3.13. The van der Waals surface area contributed by atoms with E-state index in [1.807, 2.05) is 29.2 Å². The molecule has 7 nitrogen and oxygen atoms in total. The van der Waals surface area contributed by atoms with Crippen molar-refractivity contribution in [2.24, 2.45) is 11.8 Å². The zero-order chi connectivity index (χ0) is 19.9. The van der Waals surface area contributed by atoms with Crippen molar-refractivity contribution in [3.05, 3.63) is 24.3 Å². The van der Waals surface area contributed by atoms with Crippen LogP contribution in [-0.2, 0) is 19.1 Å². The Hall–Kier alpha value is -2.12. The fourth-order valence-corrected chi connectivity index (χ4v) is 3.86. The van der Waals surface area contributed by atoms with Crippen molar-refractivity contribution in [2.45, 2.75) is 19.3 Å². The first kappa shape index (κ1) is 20.6. The van der Waals surface area contributed by atoms with Gasteiger partial charge in [-0.1, -0.05) is 0 Å². The van der Waals surface area contributed by atoms with Gasteiger partial charge in [-0.2, -0.15) is 0 Å². The van der Waals surface area contributed by atoms with Gasteiger partial charge in [0.2, 0.25) is 11.8 Å². The van der Waals surface area contributed by atoms with Gasteiger partial charge in [-0.15, -0.1) is 0 Å². The van der Waals surface area contributed by atoms with Gasteiger partial charge >= 0.3 is 0 Å². The number of likely N-dealkylation sites (tertiary alicyclic amines) is 1. The largest absolute Gasteiger partial charge is 0.497 e. The number of anilines is 1. The minimum absolute atomic E-state index is 0.00458. The molecule has 2 amide bonds. The van der Waals surface area contributed by atoms with Crippen molar-refractivity contribution in [3.8, 4) is 5.75 Å². The van der Waals surface area contributed by atoms with Crippen LogP contribution >= 0.6 is 0 Å². The zero-order valence-electron chi connectivity index (χ0n) is 16.8. The summed E-state index contributed by atoms with van der Waals surface area (Å²) >= 11 is 0. The Morgan fingerprint density at radius 3 is 2.46 bits per heavy atom. The summed E-state index contributed by atoms with van der Waals surface area (Å²) in [7, 11) is 3.27. The van der Waals surface area contributed by atoms with Crippen LogP contribution in [0.5, 0.6) is 5.75 Å². The predicted octanol–water partition coefficient (Wildman–Crippen LogP) is 1.95. The quantitative estimate of drug-likeness (QED) is 0.635. The maximum atomic E-state index is 12.9. The molecule has 28 heavy (non-hydrogen) atoms. The Bertz CT molecular complexity index is 655. The molecule has 0 aromatic heterocycles. The van der Waals surface area contributed by atoms with E-state index in [-0.39, 0.29) is 24.2 Å². The van der Waals surface area contributed by atoms with Gasteiger partial charge in [0.1, 0.15) is 5.75 Å². The minimum atomic E-state index is -0.260. The van der Waals surface area contributed by atoms with Gasteiger partial charge in [-0.05, 0) is 43.0 Å². The molecule has 1 aromatic rings. The van der Waals surface area contributed by atoms with E-state index < -0.39 is 0 Å². The number of amides is 2. The van der Waals surface area contributed by atoms with Crippen molar-refractivity contribution in [2.75, 3.05) is 58.6 Å². The van der Waals surface area contributed by atoms with Crippen LogP contribution < -0.4 is 9.64 Å². The summed E-state index contributed by atoms with van der Waals surface area (Å²) in [6.07, 6.45) is 2.17. The van der Waals surface area contributed by atoms with Crippen LogP contribution in [0.25, 0.3) is 0 Å². The van der Waals surface area contributed by atoms with Crippen molar-refractivity contribution in [1.29, 1.82) is 0 Å². The van der Waals surface area contributed by atoms with Crippen LogP contribution in [-0.4, -0.2) is 70.4 Å². The molecule has 2 aliphatic rings. The lowest BCUT2D eigenvalue weighted by atomic mass is 9.96. The highest BCUT2D eigenvalue weighted by atomic mass is 16.5. The molecule has 1 unspecified atom stereocenters. The smallest absolute Gasteiger partial charge is 0.228 e. The first-order chi connectivity index (χ1) is 13.6. The third-order valence-corrected chi connectivity index (χ3v) is 5.57. The molecule has 1 aromatic carbocycles. The lowest BCUT2D eigenvalue weighted by Gasteiger charge is -2.33. The molecule has 0 spiro atoms. The second kappa shape index (κ2) is 9.89. The maximum Gasteiger partial charge on any atom is 0.228 e. The van der Waals surface area contributed by atoms with Crippen molar-refractivity contribution in [3.63, 3.8) is 0 Å². The minimum Gasteiger partial charge on any atom is -0.497 e. The van der Waals surface area contributed by atoms with Crippen molar-refractivity contribution in [1.82, 2.24) is 4.90 Å². The van der Waals surface area contributed by atoms with Crippen LogP contribution in [0.4, 0.5) is 5.69 Å². The van der Waals surface area contributed by atoms with E-state index in [1.165, 1.54) is 0 Å². The molecule has 2 heterocycles. The van der Waals surface area contributed by atoms with Gasteiger partial charge in [0.25, 0.3) is 0 Å². The zero-order valence-corrected chi connectivity index (χ0v) is 16.8. The lowest BCUT2D eigenvalue weighted by Crippen LogP contribution is -2.43. The highest BCUT2D eigenvalue weighted by Gasteiger charge is 2.38. The number of hydrogen-bond acceptors (Lipinski definition) is 5. The molecule has 154 valence electrons. The molecule has 3 rings (SSSR count). The molecule has 2 fully saturated rings. The molecule has 1 atom stereocenters. The maximum absolute atomic E-state index is 12.9. The SMILES string of the molecule is COCCOCC1CCN(C(=O)C2CC(=O)N(c3ccc(OC)cc3)C2)CC1. The molecule has 0 radical (unpaired) electrons. The number of carbonyl (C=O) groups is 2. The Balaban J connectivity index is 1.48. The third-order valence-electron chi connectivity index (χ3n) is 5.57. The number of benzene rings is 1. The number of methoxy groups -OCH3 is 2. The third kappa shape index (κ3) is 5.02. The first-order valence-electron chi connectivity index (χ1n) is 9.92. The van der Waals surface area contributed by atoms with Crippen LogP contribution in [0.15, 0.2) is 24.3 Å². The van der Waals surface area contributed by atoms with E-state index in [2.05, 4.69) is 0 Å². The highest BCUT2D eigenvalue weighted by molar-refractivity contribution is 6.00. The van der Waals surface area contributed by atoms with E-state index in [9.17, 15) is 9.59 Å². The first-order valence-corrected chi connectivity index (χ1v) is 9.92. The number of carbonyl (C=O) groups excluding carboxylic acids is 2. The molecule has 7 heteroatoms. The molecular weight excluding hydrogens is 360 g/mol. The van der Waals surface area contributed by atoms with Gasteiger partial charge in [-0.25, -0.2) is 0 Å². The molecule has 2 saturated heterocycles. The number of piperidine rings is 1. The van der Waals surface area contributed by atoms with Gasteiger partial charge in [0.05, 0.1) is 26.2 Å². The summed E-state index contributed by atoms with van der Waals surface area (Å²) < 4.78 is 15.8. The van der Waals surface area contributed by atoms with Crippen LogP contribution in [0.2, 0.25) is 0 Å². The van der Waals surface area contributed by atoms with Crippen LogP contribution in [0, 0.1) is 11.8 Å². The summed E-state index contributed by atoms with van der Waals surface area (Å²) in [5.74, 6) is 1.08. The Morgan fingerprint density at radius 2 is 1.82 bits per heavy atom. The number of nitrogens with zero attached hydrogens (tertiary/aromatic N) is 2. The predicted molar refractivity (Wildman–Crippen MR) is 105 cm³/mol. The average molecular weight is 390 g/mol. The van der Waals surface area contributed by atoms with Gasteiger partial charge in [0.15, 0.2) is 0 Å². The number of ether oxygens (including phenoxy) is 3. The fourth-order valence-electron chi connectivity index (χ4n) is 3.86. The van der Waals surface area contributed by atoms with E-state index in [0.717, 1.165) is 44.0 Å². The number of hydrogen-bond donors (Lipinski definition) is 0. The van der Waals surface area contributed by atoms with E-state index >= 15 is 0 Å². The van der Waals surface area contributed by atoms with E-state index in [4.69, 9.17) is 14.2 Å². The standard InChI is InChI=1S/C21H30N2O5/c1-26-11-12-28-15-16-7-9-22(10-8-16)21(25)17-13-20(24)23(14-17)18-3-5-19(27-2)6-4-18/h3-6,16-17H,7-15H2,1-2H3. The summed E-state index contributed by atoms with van der Waals surface area (Å²) in [5.41, 5.74) is 0.813. The highest BCUT2D eigenvalue weighted by Crippen LogP contribution is 2.29. The Morgan fingerprint density at radius 1 is 1.11 bits per heavy atom. The van der Waals surface area contributed by atoms with Crippen LogP contribution in [0.3, 0.4) is 0 Å². The van der Waals surface area contributed by atoms with Gasteiger partial charge < -0.3 is 24.0 Å². The topological polar surface area (TPSA) is 68.3 Å². The summed E-state index contributed by atoms with van der Waals surface area (Å²) in [5, 5.41) is 0. The van der Waals surface area contributed by atoms with Crippen molar-refractivity contribution >= 4 is 17.5 Å². The molecule has 0 saturated carbocycles. The summed E-state index contributed by atoms with van der Waals surface area (Å²) in [6.45, 7) is 3.87. The van der Waals surface area contributed by atoms with Crippen LogP contribution in [0.1, 0.15) is 19.3 Å². The molecule has 0 bridgehead atoms. The molecule has 0 aliphatic carbocycles. The second-order valence-electron chi connectivity index (χ2n) is 7.44. The fraction of sp³-hybridized carbons (Fsp3) is 0.619. The lowest BCUT2D eigenvalue weighted by molar-refractivity contribution is -0.137. The van der Waals surface area contributed by atoms with Crippen molar-refractivity contribution < 1.29 is 23.8 Å². The second-order valence-corrected chi connectivity index (χ2v) is 7.44. The van der Waals surface area contributed by atoms with Gasteiger partial charge in [-0.3, -0.25) is 9.59 Å². The van der Waals surface area contributed by atoms with E-state index in [0.29, 0.717) is 25.7 Å². The molecular formula is C21H30N2O5. The number of rotatable bonds is 8. The summed E-state index contributed by atoms with van der Waals surface area (Å²) in [4.78, 5) is 29.0. The molecule has 0 N–H and O–H groups in total. The normalized spacial score (nSPS) is 20.6. The Kier molecular flexibility index (Phi) is 7.28. The Labute approximate surface area is 166 Å². The van der Waals surface area contributed by atoms with E-state index in [1.54, 1.807) is 19.1 Å². The monoisotopic (exact) mass is 390 g/mol. The van der Waals surface area contributed by atoms with Gasteiger partial charge in [0, 0.05) is 45.5 Å². The molecule has 2 aliphatic heterocycles. The summed E-state index contributed by atoms with van der Waals surface area (Å²) in [6, 6.07) is 7.38.